The minimum absolute atomic E-state index is 0.104. The van der Waals surface area contributed by atoms with Gasteiger partial charge in [-0.05, 0) is 48.4 Å². The second kappa shape index (κ2) is 7.34. The first kappa shape index (κ1) is 17.0. The minimum Gasteiger partial charge on any atom is -0.268 e. The predicted molar refractivity (Wildman–Crippen MR) is 107 cm³/mol. The lowest BCUT2D eigenvalue weighted by molar-refractivity contribution is -0.113. The molecule has 120 valence electrons. The Morgan fingerprint density at radius 2 is 1.79 bits per heavy atom. The highest BCUT2D eigenvalue weighted by atomic mass is 35.5. The number of nitrogens with zero attached hydrogens (tertiary/aromatic N) is 1. The van der Waals surface area contributed by atoms with Gasteiger partial charge in [-0.15, -0.1) is 0 Å². The van der Waals surface area contributed by atoms with Crippen LogP contribution in [0.1, 0.15) is 12.5 Å². The van der Waals surface area contributed by atoms with Crippen LogP contribution in [0.3, 0.4) is 0 Å². The number of carbonyl (C=O) groups is 1. The number of thiocarbonyl (C=S) groups is 1. The zero-order valence-electron chi connectivity index (χ0n) is 12.9. The van der Waals surface area contributed by atoms with Crippen molar-refractivity contribution in [3.05, 3.63) is 81.7 Å². The van der Waals surface area contributed by atoms with E-state index in [4.69, 9.17) is 23.8 Å². The molecule has 1 fully saturated rings. The second-order valence-electron chi connectivity index (χ2n) is 5.29. The van der Waals surface area contributed by atoms with Crippen molar-refractivity contribution < 1.29 is 4.79 Å². The van der Waals surface area contributed by atoms with Gasteiger partial charge in [-0.2, -0.15) is 0 Å². The number of benzene rings is 2. The number of halogens is 1. The molecule has 0 radical (unpaired) electrons. The Labute approximate surface area is 155 Å². The first-order valence-electron chi connectivity index (χ1n) is 7.31. The summed E-state index contributed by atoms with van der Waals surface area (Å²) in [5.41, 5.74) is 2.83. The van der Waals surface area contributed by atoms with Crippen molar-refractivity contribution in [3.8, 4) is 0 Å². The Morgan fingerprint density at radius 3 is 2.46 bits per heavy atom. The molecule has 3 rings (SSSR count). The molecule has 0 N–H and O–H groups in total. The summed E-state index contributed by atoms with van der Waals surface area (Å²) in [7, 11) is 0. The van der Waals surface area contributed by atoms with Crippen molar-refractivity contribution in [2.75, 3.05) is 4.90 Å². The van der Waals surface area contributed by atoms with E-state index in [0.717, 1.165) is 16.8 Å². The van der Waals surface area contributed by atoms with Crippen LogP contribution < -0.4 is 4.90 Å². The highest BCUT2D eigenvalue weighted by molar-refractivity contribution is 8.27. The Morgan fingerprint density at radius 1 is 1.12 bits per heavy atom. The zero-order chi connectivity index (χ0) is 17.1. The van der Waals surface area contributed by atoms with E-state index in [2.05, 4.69) is 0 Å². The van der Waals surface area contributed by atoms with Gasteiger partial charge in [0, 0.05) is 5.02 Å². The van der Waals surface area contributed by atoms with Gasteiger partial charge in [0.2, 0.25) is 0 Å². The molecule has 0 aliphatic carbocycles. The zero-order valence-corrected chi connectivity index (χ0v) is 15.3. The number of amides is 1. The standard InChI is InChI=1S/C19H14ClNOS2/c1-13(11-14-5-3-2-4-6-14)12-17-18(22)21(19(23)24-17)16-9-7-15(20)8-10-16/h2-12H,1H3/b13-11+,17-12-. The first-order valence-corrected chi connectivity index (χ1v) is 8.92. The lowest BCUT2D eigenvalue weighted by Gasteiger charge is -2.14. The maximum absolute atomic E-state index is 12.7. The van der Waals surface area contributed by atoms with Gasteiger partial charge >= 0.3 is 0 Å². The second-order valence-corrected chi connectivity index (χ2v) is 7.40. The predicted octanol–water partition coefficient (Wildman–Crippen LogP) is 5.69. The number of rotatable bonds is 3. The van der Waals surface area contributed by atoms with E-state index in [0.29, 0.717) is 14.2 Å². The van der Waals surface area contributed by atoms with Gasteiger partial charge in [0.25, 0.3) is 5.91 Å². The van der Waals surface area contributed by atoms with Crippen molar-refractivity contribution in [2.24, 2.45) is 0 Å². The fourth-order valence-electron chi connectivity index (χ4n) is 2.34. The summed E-state index contributed by atoms with van der Waals surface area (Å²) >= 11 is 12.6. The fraction of sp³-hybridized carbons (Fsp3) is 0.0526. The maximum atomic E-state index is 12.7. The van der Waals surface area contributed by atoms with E-state index >= 15 is 0 Å². The number of carbonyl (C=O) groups excluding carboxylic acids is 1. The number of hydrogen-bond donors (Lipinski definition) is 0. The molecule has 0 atom stereocenters. The van der Waals surface area contributed by atoms with Gasteiger partial charge in [-0.3, -0.25) is 9.69 Å². The monoisotopic (exact) mass is 371 g/mol. The van der Waals surface area contributed by atoms with Gasteiger partial charge in [0.05, 0.1) is 10.6 Å². The summed E-state index contributed by atoms with van der Waals surface area (Å²) in [4.78, 5) is 14.8. The Kier molecular flexibility index (Phi) is 5.19. The molecule has 0 saturated carbocycles. The van der Waals surface area contributed by atoms with Crippen molar-refractivity contribution in [2.45, 2.75) is 6.92 Å². The summed E-state index contributed by atoms with van der Waals surface area (Å²) in [6.45, 7) is 1.97. The van der Waals surface area contributed by atoms with E-state index in [1.165, 1.54) is 16.7 Å². The molecule has 1 heterocycles. The summed E-state index contributed by atoms with van der Waals surface area (Å²) in [6.07, 6.45) is 3.91. The Hall–Kier alpha value is -1.88. The van der Waals surface area contributed by atoms with Gasteiger partial charge < -0.3 is 0 Å². The van der Waals surface area contributed by atoms with Gasteiger partial charge in [0.1, 0.15) is 0 Å². The van der Waals surface area contributed by atoms with Crippen LogP contribution in [-0.4, -0.2) is 10.2 Å². The summed E-state index contributed by atoms with van der Waals surface area (Å²) in [5.74, 6) is -0.104. The summed E-state index contributed by atoms with van der Waals surface area (Å²) < 4.78 is 0.529. The third-order valence-electron chi connectivity index (χ3n) is 3.43. The van der Waals surface area contributed by atoms with Crippen molar-refractivity contribution in [1.29, 1.82) is 0 Å². The molecular weight excluding hydrogens is 358 g/mol. The average molecular weight is 372 g/mol. The van der Waals surface area contributed by atoms with Crippen LogP contribution in [0.25, 0.3) is 6.08 Å². The number of anilines is 1. The van der Waals surface area contributed by atoms with Crippen LogP contribution >= 0.6 is 35.6 Å². The van der Waals surface area contributed by atoms with E-state index < -0.39 is 0 Å². The van der Waals surface area contributed by atoms with Crippen LogP contribution in [-0.2, 0) is 4.79 Å². The lowest BCUT2D eigenvalue weighted by atomic mass is 10.1. The summed E-state index contributed by atoms with van der Waals surface area (Å²) in [5, 5.41) is 0.626. The average Bonchev–Trinajstić information content (AvgIpc) is 2.83. The molecule has 1 aliphatic heterocycles. The fourth-order valence-corrected chi connectivity index (χ4v) is 3.82. The molecule has 0 spiro atoms. The maximum Gasteiger partial charge on any atom is 0.270 e. The van der Waals surface area contributed by atoms with E-state index in [9.17, 15) is 4.79 Å². The van der Waals surface area contributed by atoms with E-state index in [-0.39, 0.29) is 5.91 Å². The molecule has 0 aromatic heterocycles. The van der Waals surface area contributed by atoms with Crippen LogP contribution in [0, 0.1) is 0 Å². The minimum atomic E-state index is -0.104. The topological polar surface area (TPSA) is 20.3 Å². The molecule has 2 aromatic rings. The molecule has 0 bridgehead atoms. The van der Waals surface area contributed by atoms with Crippen LogP contribution in [0.4, 0.5) is 5.69 Å². The van der Waals surface area contributed by atoms with Crippen LogP contribution in [0.15, 0.2) is 71.2 Å². The lowest BCUT2D eigenvalue weighted by Crippen LogP contribution is -2.27. The Bertz CT molecular complexity index is 841. The van der Waals surface area contributed by atoms with Crippen molar-refractivity contribution in [3.63, 3.8) is 0 Å². The first-order chi connectivity index (χ1) is 11.5. The smallest absolute Gasteiger partial charge is 0.268 e. The van der Waals surface area contributed by atoms with Gasteiger partial charge in [0.15, 0.2) is 4.32 Å². The van der Waals surface area contributed by atoms with E-state index in [1.807, 2.05) is 49.4 Å². The SMILES string of the molecule is CC(/C=C1\SC(=S)N(c2ccc(Cl)cc2)C1=O)=C\c1ccccc1. The highest BCUT2D eigenvalue weighted by Crippen LogP contribution is 2.35. The molecule has 24 heavy (non-hydrogen) atoms. The van der Waals surface area contributed by atoms with E-state index in [1.54, 1.807) is 24.3 Å². The molecule has 1 aliphatic rings. The normalized spacial score (nSPS) is 17.0. The molecular formula is C19H14ClNOS2. The molecule has 0 unspecified atom stereocenters. The van der Waals surface area contributed by atoms with Gasteiger partial charge in [-0.1, -0.05) is 72.0 Å². The largest absolute Gasteiger partial charge is 0.270 e. The highest BCUT2D eigenvalue weighted by Gasteiger charge is 2.33. The number of allylic oxidation sites excluding steroid dienone is 2. The quantitative estimate of drug-likeness (QED) is 0.510. The number of hydrogen-bond acceptors (Lipinski definition) is 3. The van der Waals surface area contributed by atoms with Gasteiger partial charge in [-0.25, -0.2) is 0 Å². The molecule has 1 saturated heterocycles. The summed E-state index contributed by atoms with van der Waals surface area (Å²) in [6, 6.07) is 17.1. The molecule has 5 heteroatoms. The van der Waals surface area contributed by atoms with Crippen LogP contribution in [0.5, 0.6) is 0 Å². The number of thioether (sulfide) groups is 1. The van der Waals surface area contributed by atoms with Crippen LogP contribution in [0.2, 0.25) is 5.02 Å². The molecule has 2 nitrogen and oxygen atoms in total. The molecule has 2 aromatic carbocycles. The van der Waals surface area contributed by atoms with Crippen molar-refractivity contribution >= 4 is 57.6 Å². The Balaban J connectivity index is 1.85. The molecule has 1 amide bonds. The third-order valence-corrected chi connectivity index (χ3v) is 4.99. The van der Waals surface area contributed by atoms with Crippen molar-refractivity contribution in [1.82, 2.24) is 0 Å². The third kappa shape index (κ3) is 3.78.